The van der Waals surface area contributed by atoms with Gasteiger partial charge in [0.1, 0.15) is 22.3 Å². The van der Waals surface area contributed by atoms with Crippen molar-refractivity contribution in [3.8, 4) is 5.69 Å². The predicted octanol–water partition coefficient (Wildman–Crippen LogP) is 12.1. The number of furan rings is 2. The third-order valence-corrected chi connectivity index (χ3v) is 9.17. The van der Waals surface area contributed by atoms with Gasteiger partial charge < -0.3 is 18.3 Å². The molecular weight excluding hydrogens is 564 g/mol. The van der Waals surface area contributed by atoms with Gasteiger partial charge in [-0.05, 0) is 72.8 Å². The molecule has 0 spiro atoms. The van der Waals surface area contributed by atoms with E-state index in [2.05, 4.69) is 143 Å². The molecule has 4 nitrogen and oxygen atoms in total. The molecule has 0 fully saturated rings. The van der Waals surface area contributed by atoms with Crippen LogP contribution in [0.2, 0.25) is 0 Å². The van der Waals surface area contributed by atoms with E-state index in [-0.39, 0.29) is 0 Å². The number of benzene rings is 7. The zero-order chi connectivity index (χ0) is 30.2. The average molecular weight is 591 g/mol. The molecule has 3 heterocycles. The summed E-state index contributed by atoms with van der Waals surface area (Å²) >= 11 is 0. The van der Waals surface area contributed by atoms with Crippen LogP contribution in [0.1, 0.15) is 0 Å². The van der Waals surface area contributed by atoms with Crippen LogP contribution < -0.4 is 4.90 Å². The van der Waals surface area contributed by atoms with Crippen LogP contribution in [-0.4, -0.2) is 4.57 Å². The Morgan fingerprint density at radius 1 is 0.348 bits per heavy atom. The molecule has 3 aromatic heterocycles. The lowest BCUT2D eigenvalue weighted by molar-refractivity contribution is 0.669. The minimum absolute atomic E-state index is 0.857. The maximum absolute atomic E-state index is 6.36. The molecule has 0 aliphatic carbocycles. The molecule has 216 valence electrons. The monoisotopic (exact) mass is 590 g/mol. The van der Waals surface area contributed by atoms with Crippen molar-refractivity contribution in [2.45, 2.75) is 0 Å². The molecule has 0 N–H and O–H groups in total. The van der Waals surface area contributed by atoms with E-state index in [4.69, 9.17) is 8.83 Å². The van der Waals surface area contributed by atoms with Crippen LogP contribution in [0.15, 0.2) is 167 Å². The Kier molecular flexibility index (Phi) is 5.25. The standard InChI is InChI=1S/C42H26N2O2/c1-2-10-27(11-3-1)44-37-15-7-4-12-31(37)36-24-28(20-23-38(36)44)43(29-18-21-34-32-13-5-8-16-39(32)45-41(34)25-29)30-19-22-35-33-14-6-9-17-40(33)46-42(35)26-30/h1-26H. The molecule has 46 heavy (non-hydrogen) atoms. The van der Waals surface area contributed by atoms with Crippen molar-refractivity contribution in [3.05, 3.63) is 158 Å². The maximum Gasteiger partial charge on any atom is 0.137 e. The zero-order valence-corrected chi connectivity index (χ0v) is 24.7. The number of hydrogen-bond donors (Lipinski definition) is 0. The summed E-state index contributed by atoms with van der Waals surface area (Å²) in [7, 11) is 0. The molecule has 10 aromatic rings. The van der Waals surface area contributed by atoms with Crippen molar-refractivity contribution in [1.82, 2.24) is 4.57 Å². The van der Waals surface area contributed by atoms with Crippen LogP contribution in [-0.2, 0) is 0 Å². The quantitative estimate of drug-likeness (QED) is 0.204. The van der Waals surface area contributed by atoms with Crippen LogP contribution in [0, 0.1) is 0 Å². The second kappa shape index (κ2) is 9.62. The molecule has 0 saturated heterocycles. The maximum atomic E-state index is 6.36. The molecule has 0 saturated carbocycles. The number of hydrogen-bond acceptors (Lipinski definition) is 3. The summed E-state index contributed by atoms with van der Waals surface area (Å²) in [6.45, 7) is 0. The Balaban J connectivity index is 1.23. The summed E-state index contributed by atoms with van der Waals surface area (Å²) in [5.74, 6) is 0. The predicted molar refractivity (Wildman–Crippen MR) is 190 cm³/mol. The van der Waals surface area contributed by atoms with Crippen LogP contribution in [0.3, 0.4) is 0 Å². The third kappa shape index (κ3) is 3.67. The Bertz CT molecular complexity index is 2650. The van der Waals surface area contributed by atoms with E-state index in [0.717, 1.165) is 72.1 Å². The van der Waals surface area contributed by atoms with Gasteiger partial charge in [0.05, 0.1) is 11.0 Å². The largest absolute Gasteiger partial charge is 0.456 e. The van der Waals surface area contributed by atoms with Gasteiger partial charge in [-0.25, -0.2) is 0 Å². The summed E-state index contributed by atoms with van der Waals surface area (Å²) in [5.41, 5.74) is 10.0. The van der Waals surface area contributed by atoms with Gasteiger partial charge >= 0.3 is 0 Å². The van der Waals surface area contributed by atoms with Crippen molar-refractivity contribution < 1.29 is 8.83 Å². The van der Waals surface area contributed by atoms with Crippen molar-refractivity contribution in [2.24, 2.45) is 0 Å². The molecular formula is C42H26N2O2. The van der Waals surface area contributed by atoms with Gasteiger partial charge in [-0.3, -0.25) is 0 Å². The van der Waals surface area contributed by atoms with E-state index in [1.165, 1.54) is 16.3 Å². The lowest BCUT2D eigenvalue weighted by Crippen LogP contribution is -2.09. The smallest absolute Gasteiger partial charge is 0.137 e. The van der Waals surface area contributed by atoms with Gasteiger partial charge in [0.25, 0.3) is 0 Å². The molecule has 10 rings (SSSR count). The topological polar surface area (TPSA) is 34.5 Å². The lowest BCUT2D eigenvalue weighted by atomic mass is 10.1. The van der Waals surface area contributed by atoms with E-state index in [1.54, 1.807) is 0 Å². The summed E-state index contributed by atoms with van der Waals surface area (Å²) in [4.78, 5) is 2.30. The Labute approximate surface area is 263 Å². The first-order valence-corrected chi connectivity index (χ1v) is 15.5. The molecule has 0 bridgehead atoms. The number of anilines is 3. The molecule has 4 heteroatoms. The second-order valence-corrected chi connectivity index (χ2v) is 11.8. The molecule has 0 unspecified atom stereocenters. The minimum Gasteiger partial charge on any atom is -0.456 e. The van der Waals surface area contributed by atoms with E-state index in [9.17, 15) is 0 Å². The number of fused-ring (bicyclic) bond motifs is 9. The first-order valence-electron chi connectivity index (χ1n) is 15.5. The molecule has 7 aromatic carbocycles. The summed E-state index contributed by atoms with van der Waals surface area (Å²) < 4.78 is 15.1. The van der Waals surface area contributed by atoms with Crippen molar-refractivity contribution in [1.29, 1.82) is 0 Å². The van der Waals surface area contributed by atoms with E-state index < -0.39 is 0 Å². The highest BCUT2D eigenvalue weighted by molar-refractivity contribution is 6.12. The van der Waals surface area contributed by atoms with Gasteiger partial charge in [-0.2, -0.15) is 0 Å². The van der Waals surface area contributed by atoms with Crippen LogP contribution in [0.5, 0.6) is 0 Å². The van der Waals surface area contributed by atoms with Gasteiger partial charge in [0.15, 0.2) is 0 Å². The summed E-state index contributed by atoms with van der Waals surface area (Å²) in [5, 5.41) is 6.85. The minimum atomic E-state index is 0.857. The SMILES string of the molecule is c1ccc(-n2c3ccccc3c3cc(N(c4ccc5c(c4)oc4ccccc45)c4ccc5c(c4)oc4ccccc45)ccc32)cc1. The molecule has 0 aliphatic rings. The van der Waals surface area contributed by atoms with E-state index in [0.29, 0.717) is 0 Å². The van der Waals surface area contributed by atoms with E-state index in [1.807, 2.05) is 24.3 Å². The Hall–Kier alpha value is -6.26. The number of aromatic nitrogens is 1. The van der Waals surface area contributed by atoms with Crippen molar-refractivity contribution in [2.75, 3.05) is 4.90 Å². The lowest BCUT2D eigenvalue weighted by Gasteiger charge is -2.25. The Morgan fingerprint density at radius 2 is 0.826 bits per heavy atom. The highest BCUT2D eigenvalue weighted by Gasteiger charge is 2.20. The molecule has 0 amide bonds. The van der Waals surface area contributed by atoms with Gasteiger partial charge in [0.2, 0.25) is 0 Å². The summed E-state index contributed by atoms with van der Waals surface area (Å²) in [6.07, 6.45) is 0. The fourth-order valence-electron chi connectivity index (χ4n) is 7.11. The average Bonchev–Trinajstić information content (AvgIpc) is 3.77. The zero-order valence-electron chi connectivity index (χ0n) is 24.7. The third-order valence-electron chi connectivity index (χ3n) is 9.17. The summed E-state index contributed by atoms with van der Waals surface area (Å²) in [6, 6.07) is 55.4. The van der Waals surface area contributed by atoms with Crippen LogP contribution in [0.4, 0.5) is 17.1 Å². The van der Waals surface area contributed by atoms with E-state index >= 15 is 0 Å². The highest BCUT2D eigenvalue weighted by Crippen LogP contribution is 2.43. The van der Waals surface area contributed by atoms with Crippen molar-refractivity contribution in [3.63, 3.8) is 0 Å². The fourth-order valence-corrected chi connectivity index (χ4v) is 7.11. The normalized spacial score (nSPS) is 11.9. The number of para-hydroxylation sites is 4. The first-order chi connectivity index (χ1) is 22.8. The molecule has 0 aliphatic heterocycles. The first kappa shape index (κ1) is 25.1. The number of nitrogens with zero attached hydrogens (tertiary/aromatic N) is 2. The molecule has 0 atom stereocenters. The van der Waals surface area contributed by atoms with Crippen LogP contribution >= 0.6 is 0 Å². The fraction of sp³-hybridized carbons (Fsp3) is 0. The molecule has 0 radical (unpaired) electrons. The number of rotatable bonds is 4. The van der Waals surface area contributed by atoms with Crippen LogP contribution in [0.25, 0.3) is 71.4 Å². The van der Waals surface area contributed by atoms with Gasteiger partial charge in [-0.1, -0.05) is 72.8 Å². The Morgan fingerprint density at radius 3 is 1.48 bits per heavy atom. The van der Waals surface area contributed by atoms with Crippen molar-refractivity contribution >= 4 is 82.7 Å². The van der Waals surface area contributed by atoms with Gasteiger partial charge in [-0.15, -0.1) is 0 Å². The second-order valence-electron chi connectivity index (χ2n) is 11.8. The highest BCUT2D eigenvalue weighted by atomic mass is 16.3. The van der Waals surface area contributed by atoms with Gasteiger partial charge in [0, 0.05) is 67.2 Å².